The first kappa shape index (κ1) is 33.1. The van der Waals surface area contributed by atoms with Gasteiger partial charge in [-0.05, 0) is 78.6 Å². The minimum Gasteiger partial charge on any atom is -0.406 e. The summed E-state index contributed by atoms with van der Waals surface area (Å²) in [5, 5.41) is 8.17. The molecule has 4 aromatic rings. The molecule has 3 aromatic carbocycles. The number of ether oxygens (including phenoxy) is 1. The molecule has 1 N–H and O–H groups in total. The lowest BCUT2D eigenvalue weighted by atomic mass is 9.96. The van der Waals surface area contributed by atoms with Crippen molar-refractivity contribution in [3.8, 4) is 22.8 Å². The summed E-state index contributed by atoms with van der Waals surface area (Å²) in [6.45, 7) is 9.87. The molecule has 0 aliphatic carbocycles. The summed E-state index contributed by atoms with van der Waals surface area (Å²) in [4.78, 5) is 23.9. The average molecular weight is 651 g/mol. The van der Waals surface area contributed by atoms with E-state index in [2.05, 4.69) is 75.9 Å². The molecule has 242 valence electrons. The number of carbonyl (C=O) groups is 1. The van der Waals surface area contributed by atoms with Gasteiger partial charge in [0.1, 0.15) is 12.1 Å². The summed E-state index contributed by atoms with van der Waals surface area (Å²) in [6.07, 6.45) is -1.47. The number of alkyl halides is 3. The van der Waals surface area contributed by atoms with Crippen LogP contribution in [0.2, 0.25) is 0 Å². The molecule has 2 amide bonds. The number of amidine groups is 1. The number of aromatic nitrogens is 3. The zero-order chi connectivity index (χ0) is 32.8. The number of nitrogens with zero attached hydrogens (tertiary/aromatic N) is 5. The Morgan fingerprint density at radius 1 is 1.07 bits per heavy atom. The lowest BCUT2D eigenvalue weighted by Crippen LogP contribution is -2.36. The summed E-state index contributed by atoms with van der Waals surface area (Å²) in [7, 11) is 0. The van der Waals surface area contributed by atoms with Crippen molar-refractivity contribution < 1.29 is 22.7 Å². The second-order valence-electron chi connectivity index (χ2n) is 11.6. The minimum atomic E-state index is -4.75. The second kappa shape index (κ2) is 14.4. The summed E-state index contributed by atoms with van der Waals surface area (Å²) >= 11 is 1.62. The molecule has 5 rings (SSSR count). The van der Waals surface area contributed by atoms with Crippen molar-refractivity contribution in [2.75, 3.05) is 23.7 Å². The zero-order valence-corrected chi connectivity index (χ0v) is 27.0. The maximum Gasteiger partial charge on any atom is 0.573 e. The topological polar surface area (TPSA) is 84.6 Å². The van der Waals surface area contributed by atoms with Gasteiger partial charge in [0, 0.05) is 30.1 Å². The molecule has 8 nitrogen and oxygen atoms in total. The van der Waals surface area contributed by atoms with E-state index in [0.29, 0.717) is 24.0 Å². The van der Waals surface area contributed by atoms with E-state index in [1.165, 1.54) is 46.4 Å². The molecule has 0 saturated carbocycles. The monoisotopic (exact) mass is 650 g/mol. The Hall–Kier alpha value is -4.32. The number of nitrogens with one attached hydrogen (secondary N) is 1. The van der Waals surface area contributed by atoms with E-state index in [-0.39, 0.29) is 17.7 Å². The first-order valence-corrected chi connectivity index (χ1v) is 16.2. The second-order valence-corrected chi connectivity index (χ2v) is 12.6. The van der Waals surface area contributed by atoms with Crippen LogP contribution in [0.1, 0.15) is 62.1 Å². The van der Waals surface area contributed by atoms with E-state index in [4.69, 9.17) is 0 Å². The van der Waals surface area contributed by atoms with Gasteiger partial charge in [0.15, 0.2) is 11.0 Å². The highest BCUT2D eigenvalue weighted by molar-refractivity contribution is 8.14. The molecule has 1 atom stereocenters. The molecule has 12 heteroatoms. The van der Waals surface area contributed by atoms with E-state index in [0.717, 1.165) is 47.1 Å². The van der Waals surface area contributed by atoms with Crippen LogP contribution >= 0.6 is 11.8 Å². The molecule has 1 saturated heterocycles. The number of hydrogen-bond donors (Lipinski definition) is 1. The Kier molecular flexibility index (Phi) is 10.4. The molecule has 1 aromatic heterocycles. The molecule has 46 heavy (non-hydrogen) atoms. The number of halogens is 3. The van der Waals surface area contributed by atoms with Gasteiger partial charge in [0.05, 0.1) is 5.69 Å². The van der Waals surface area contributed by atoms with Crippen molar-refractivity contribution in [1.82, 2.24) is 20.1 Å². The Morgan fingerprint density at radius 3 is 2.50 bits per heavy atom. The van der Waals surface area contributed by atoms with E-state index in [9.17, 15) is 18.0 Å². The third-order valence-electron chi connectivity index (χ3n) is 7.70. The van der Waals surface area contributed by atoms with Gasteiger partial charge in [-0.3, -0.25) is 0 Å². The van der Waals surface area contributed by atoms with Crippen LogP contribution in [-0.4, -0.2) is 51.2 Å². The first-order chi connectivity index (χ1) is 22.0. The van der Waals surface area contributed by atoms with Crippen LogP contribution < -0.4 is 15.0 Å². The molecule has 2 heterocycles. The number of benzene rings is 3. The molecule has 0 bridgehead atoms. The third kappa shape index (κ3) is 8.48. The lowest BCUT2D eigenvalue weighted by Gasteiger charge is -2.32. The number of urea groups is 1. The average Bonchev–Trinajstić information content (AvgIpc) is 3.51. The fourth-order valence-electron chi connectivity index (χ4n) is 5.22. The van der Waals surface area contributed by atoms with Crippen LogP contribution in [0.15, 0.2) is 78.0 Å². The largest absolute Gasteiger partial charge is 0.573 e. The maximum absolute atomic E-state index is 12.9. The Balaban J connectivity index is 1.16. The van der Waals surface area contributed by atoms with Crippen LogP contribution in [0.25, 0.3) is 17.1 Å². The molecule has 1 aliphatic rings. The van der Waals surface area contributed by atoms with Crippen LogP contribution in [0.3, 0.4) is 0 Å². The quantitative estimate of drug-likeness (QED) is 0.196. The highest BCUT2D eigenvalue weighted by Gasteiger charge is 2.31. The van der Waals surface area contributed by atoms with Crippen molar-refractivity contribution in [3.63, 3.8) is 0 Å². The van der Waals surface area contributed by atoms with E-state index in [1.807, 2.05) is 24.3 Å². The van der Waals surface area contributed by atoms with Crippen LogP contribution in [0.5, 0.6) is 5.75 Å². The molecule has 1 fully saturated rings. The van der Waals surface area contributed by atoms with Gasteiger partial charge in [0.25, 0.3) is 0 Å². The summed E-state index contributed by atoms with van der Waals surface area (Å²) in [5.41, 5.74) is 6.02. The molecule has 1 unspecified atom stereocenters. The van der Waals surface area contributed by atoms with Gasteiger partial charge >= 0.3 is 12.4 Å². The van der Waals surface area contributed by atoms with Gasteiger partial charge in [0.2, 0.25) is 0 Å². The van der Waals surface area contributed by atoms with E-state index < -0.39 is 6.36 Å². The minimum absolute atomic E-state index is 0.186. The smallest absolute Gasteiger partial charge is 0.406 e. The number of aryl methyl sites for hydroxylation is 1. The Labute approximate surface area is 271 Å². The predicted octanol–water partition coefficient (Wildman–Crippen LogP) is 8.47. The van der Waals surface area contributed by atoms with Crippen LogP contribution in [-0.2, 0) is 0 Å². The highest BCUT2D eigenvalue weighted by Crippen LogP contribution is 2.33. The number of amides is 2. The number of carbonyl (C=O) groups excluding carboxylic acids is 1. The van der Waals surface area contributed by atoms with Crippen molar-refractivity contribution in [1.29, 1.82) is 0 Å². The standard InChI is InChI=1S/C34H37F3N6O2S/c1-22(2)29-15-6-23(3)20-30(29)42-18-5-19-46-33(42)40-32(44)38-17-16-24(4)25-7-9-26(10-8-25)31-39-21-43(41-31)27-11-13-28(14-12-27)45-34(35,36)37/h6-15,20-22,24H,5,16-19H2,1-4H3,(H,38,44)/b40-33-. The van der Waals surface area contributed by atoms with Crippen molar-refractivity contribution >= 4 is 28.6 Å². The van der Waals surface area contributed by atoms with Crippen molar-refractivity contribution in [2.24, 2.45) is 4.99 Å². The molecular weight excluding hydrogens is 613 g/mol. The number of anilines is 1. The number of hydrogen-bond acceptors (Lipinski definition) is 5. The third-order valence-corrected chi connectivity index (χ3v) is 8.76. The Bertz CT molecular complexity index is 1670. The summed E-state index contributed by atoms with van der Waals surface area (Å²) < 4.78 is 42.7. The fraction of sp³-hybridized carbons (Fsp3) is 0.353. The van der Waals surface area contributed by atoms with Crippen LogP contribution in [0.4, 0.5) is 23.7 Å². The van der Waals surface area contributed by atoms with Gasteiger partial charge in [-0.1, -0.05) is 68.9 Å². The van der Waals surface area contributed by atoms with Crippen molar-refractivity contribution in [3.05, 3.63) is 89.7 Å². The lowest BCUT2D eigenvalue weighted by molar-refractivity contribution is -0.274. The van der Waals surface area contributed by atoms with Crippen LogP contribution in [0, 0.1) is 6.92 Å². The highest BCUT2D eigenvalue weighted by atomic mass is 32.2. The fourth-order valence-corrected chi connectivity index (χ4v) is 6.17. The number of rotatable bonds is 9. The number of thioether (sulfide) groups is 1. The Morgan fingerprint density at radius 2 is 1.80 bits per heavy atom. The van der Waals surface area contributed by atoms with E-state index >= 15 is 0 Å². The van der Waals surface area contributed by atoms with E-state index in [1.54, 1.807) is 11.8 Å². The molecule has 0 spiro atoms. The number of aliphatic imine (C=N–C) groups is 1. The zero-order valence-electron chi connectivity index (χ0n) is 26.2. The van der Waals surface area contributed by atoms with Gasteiger partial charge in [-0.2, -0.15) is 4.99 Å². The SMILES string of the molecule is Cc1ccc(C(C)C)c(N2CCCS/C2=N\C(=O)NCCC(C)c2ccc(-c3ncn(-c4ccc(OC(F)(F)F)cc4)n3)cc2)c1. The molecule has 1 aliphatic heterocycles. The maximum atomic E-state index is 12.9. The van der Waals surface area contributed by atoms with Gasteiger partial charge < -0.3 is 15.0 Å². The molecule has 0 radical (unpaired) electrons. The normalized spacial score (nSPS) is 15.3. The van der Waals surface area contributed by atoms with Gasteiger partial charge in [-0.25, -0.2) is 14.5 Å². The summed E-state index contributed by atoms with van der Waals surface area (Å²) in [6, 6.07) is 19.5. The van der Waals surface area contributed by atoms with Gasteiger partial charge in [-0.15, -0.1) is 18.3 Å². The van der Waals surface area contributed by atoms with Crippen molar-refractivity contribution in [2.45, 2.75) is 58.7 Å². The first-order valence-electron chi connectivity index (χ1n) is 15.2. The molecular formula is C34H37F3N6O2S. The summed E-state index contributed by atoms with van der Waals surface area (Å²) in [5.74, 6) is 1.66. The predicted molar refractivity (Wildman–Crippen MR) is 177 cm³/mol.